The standard InChI is InChI=1S/C15H26N2/c1-5-7-14(16-6-2)12-17(4)15-10-8-13(3)9-11-15/h8-11,14,16H,5-7,12H2,1-4H3. The van der Waals surface area contributed by atoms with Crippen LogP contribution >= 0.6 is 0 Å². The van der Waals surface area contributed by atoms with E-state index in [2.05, 4.69) is 62.3 Å². The lowest BCUT2D eigenvalue weighted by Gasteiger charge is -2.26. The zero-order valence-corrected chi connectivity index (χ0v) is 11.7. The van der Waals surface area contributed by atoms with Crippen molar-refractivity contribution in [1.29, 1.82) is 0 Å². The molecule has 0 bridgehead atoms. The number of anilines is 1. The highest BCUT2D eigenvalue weighted by Gasteiger charge is 2.09. The van der Waals surface area contributed by atoms with Gasteiger partial charge in [-0.25, -0.2) is 0 Å². The van der Waals surface area contributed by atoms with Gasteiger partial charge >= 0.3 is 0 Å². The largest absolute Gasteiger partial charge is 0.373 e. The van der Waals surface area contributed by atoms with E-state index in [1.165, 1.54) is 24.1 Å². The van der Waals surface area contributed by atoms with Crippen LogP contribution in [0, 0.1) is 6.92 Å². The number of benzene rings is 1. The number of rotatable bonds is 7. The number of hydrogen-bond donors (Lipinski definition) is 1. The lowest BCUT2D eigenvalue weighted by Crippen LogP contribution is -2.39. The van der Waals surface area contributed by atoms with Crippen LogP contribution in [0.25, 0.3) is 0 Å². The van der Waals surface area contributed by atoms with Crippen molar-refractivity contribution in [1.82, 2.24) is 5.32 Å². The summed E-state index contributed by atoms with van der Waals surface area (Å²) in [6, 6.07) is 9.34. The maximum atomic E-state index is 3.55. The zero-order chi connectivity index (χ0) is 12.7. The summed E-state index contributed by atoms with van der Waals surface area (Å²) in [5.74, 6) is 0. The maximum absolute atomic E-state index is 3.55. The fourth-order valence-electron chi connectivity index (χ4n) is 2.13. The number of nitrogens with zero attached hydrogens (tertiary/aromatic N) is 1. The minimum absolute atomic E-state index is 0.594. The van der Waals surface area contributed by atoms with E-state index in [0.717, 1.165) is 13.1 Å². The van der Waals surface area contributed by atoms with Crippen LogP contribution in [0.4, 0.5) is 5.69 Å². The van der Waals surface area contributed by atoms with Gasteiger partial charge in [0.05, 0.1) is 0 Å². The van der Waals surface area contributed by atoms with Crippen molar-refractivity contribution in [3.63, 3.8) is 0 Å². The van der Waals surface area contributed by atoms with Gasteiger partial charge in [0.15, 0.2) is 0 Å². The second kappa shape index (κ2) is 7.33. The van der Waals surface area contributed by atoms with E-state index in [4.69, 9.17) is 0 Å². The highest BCUT2D eigenvalue weighted by Crippen LogP contribution is 2.14. The van der Waals surface area contributed by atoms with E-state index < -0.39 is 0 Å². The first-order valence-electron chi connectivity index (χ1n) is 6.68. The van der Waals surface area contributed by atoms with Gasteiger partial charge < -0.3 is 10.2 Å². The molecule has 17 heavy (non-hydrogen) atoms. The minimum atomic E-state index is 0.594. The molecule has 0 aliphatic heterocycles. The normalized spacial score (nSPS) is 12.5. The van der Waals surface area contributed by atoms with Crippen LogP contribution < -0.4 is 10.2 Å². The molecule has 0 amide bonds. The second-order valence-corrected chi connectivity index (χ2v) is 4.76. The zero-order valence-electron chi connectivity index (χ0n) is 11.7. The quantitative estimate of drug-likeness (QED) is 0.779. The first-order chi connectivity index (χ1) is 8.17. The lowest BCUT2D eigenvalue weighted by atomic mass is 10.1. The molecule has 0 spiro atoms. The fourth-order valence-corrected chi connectivity index (χ4v) is 2.13. The van der Waals surface area contributed by atoms with Crippen molar-refractivity contribution in [2.75, 3.05) is 25.0 Å². The molecule has 2 nitrogen and oxygen atoms in total. The summed E-state index contributed by atoms with van der Waals surface area (Å²) < 4.78 is 0. The van der Waals surface area contributed by atoms with E-state index in [9.17, 15) is 0 Å². The Labute approximate surface area is 106 Å². The third kappa shape index (κ3) is 4.78. The third-order valence-electron chi connectivity index (χ3n) is 3.10. The van der Waals surface area contributed by atoms with Crippen molar-refractivity contribution in [2.45, 2.75) is 39.7 Å². The molecular weight excluding hydrogens is 208 g/mol. The predicted octanol–water partition coefficient (Wildman–Crippen LogP) is 3.21. The van der Waals surface area contributed by atoms with E-state index >= 15 is 0 Å². The van der Waals surface area contributed by atoms with Gasteiger partial charge in [-0.2, -0.15) is 0 Å². The summed E-state index contributed by atoms with van der Waals surface area (Å²) >= 11 is 0. The lowest BCUT2D eigenvalue weighted by molar-refractivity contribution is 0.488. The van der Waals surface area contributed by atoms with Crippen LogP contribution in [0.15, 0.2) is 24.3 Å². The van der Waals surface area contributed by atoms with Crippen LogP contribution in [-0.2, 0) is 0 Å². The van der Waals surface area contributed by atoms with Gasteiger partial charge in [-0.3, -0.25) is 0 Å². The highest BCUT2D eigenvalue weighted by molar-refractivity contribution is 5.46. The van der Waals surface area contributed by atoms with Gasteiger partial charge in [0.25, 0.3) is 0 Å². The molecule has 1 unspecified atom stereocenters. The summed E-state index contributed by atoms with van der Waals surface area (Å²) in [7, 11) is 2.17. The Balaban J connectivity index is 2.56. The molecule has 1 aromatic rings. The topological polar surface area (TPSA) is 15.3 Å². The number of aryl methyl sites for hydroxylation is 1. The SMILES string of the molecule is CCCC(CN(C)c1ccc(C)cc1)NCC. The number of nitrogens with one attached hydrogen (secondary N) is 1. The fraction of sp³-hybridized carbons (Fsp3) is 0.600. The molecule has 1 N–H and O–H groups in total. The van der Waals surface area contributed by atoms with Crippen molar-refractivity contribution < 1.29 is 0 Å². The predicted molar refractivity (Wildman–Crippen MR) is 76.8 cm³/mol. The molecule has 0 radical (unpaired) electrons. The summed E-state index contributed by atoms with van der Waals surface area (Å²) in [6.07, 6.45) is 2.48. The molecule has 96 valence electrons. The first-order valence-corrected chi connectivity index (χ1v) is 6.68. The van der Waals surface area contributed by atoms with Crippen molar-refractivity contribution >= 4 is 5.69 Å². The smallest absolute Gasteiger partial charge is 0.0364 e. The second-order valence-electron chi connectivity index (χ2n) is 4.76. The molecule has 1 atom stereocenters. The van der Waals surface area contributed by atoms with Gasteiger partial charge in [-0.15, -0.1) is 0 Å². The number of hydrogen-bond acceptors (Lipinski definition) is 2. The molecule has 0 saturated carbocycles. The van der Waals surface area contributed by atoms with Crippen molar-refractivity contribution in [3.05, 3.63) is 29.8 Å². The molecule has 2 heteroatoms. The molecule has 1 aromatic carbocycles. The van der Waals surface area contributed by atoms with Crippen LogP contribution in [0.5, 0.6) is 0 Å². The Morgan fingerprint density at radius 1 is 1.18 bits per heavy atom. The average Bonchev–Trinajstić information content (AvgIpc) is 2.30. The van der Waals surface area contributed by atoms with Gasteiger partial charge in [0.1, 0.15) is 0 Å². The molecule has 0 aliphatic rings. The van der Waals surface area contributed by atoms with Crippen LogP contribution in [0.2, 0.25) is 0 Å². The Morgan fingerprint density at radius 3 is 2.35 bits per heavy atom. The van der Waals surface area contributed by atoms with Crippen LogP contribution in [-0.4, -0.2) is 26.2 Å². The molecule has 0 aliphatic carbocycles. The maximum Gasteiger partial charge on any atom is 0.0364 e. The van der Waals surface area contributed by atoms with Gasteiger partial charge in [-0.05, 0) is 32.0 Å². The average molecular weight is 234 g/mol. The van der Waals surface area contributed by atoms with Gasteiger partial charge in [-0.1, -0.05) is 38.0 Å². The Kier molecular flexibility index (Phi) is 6.06. The summed E-state index contributed by atoms with van der Waals surface area (Å²) in [6.45, 7) is 8.67. The highest BCUT2D eigenvalue weighted by atomic mass is 15.1. The molecular formula is C15H26N2. The van der Waals surface area contributed by atoms with Gasteiger partial charge in [0, 0.05) is 25.3 Å². The molecule has 1 rings (SSSR count). The summed E-state index contributed by atoms with van der Waals surface area (Å²) in [5, 5.41) is 3.55. The Bertz CT molecular complexity index is 299. The molecule has 0 aromatic heterocycles. The van der Waals surface area contributed by atoms with E-state index in [-0.39, 0.29) is 0 Å². The minimum Gasteiger partial charge on any atom is -0.373 e. The number of likely N-dealkylation sites (N-methyl/N-ethyl adjacent to an activating group) is 2. The van der Waals surface area contributed by atoms with Crippen molar-refractivity contribution in [3.8, 4) is 0 Å². The van der Waals surface area contributed by atoms with Gasteiger partial charge in [0.2, 0.25) is 0 Å². The van der Waals surface area contributed by atoms with Crippen LogP contribution in [0.3, 0.4) is 0 Å². The van der Waals surface area contributed by atoms with E-state index in [0.29, 0.717) is 6.04 Å². The first kappa shape index (κ1) is 14.0. The molecule has 0 fully saturated rings. The van der Waals surface area contributed by atoms with E-state index in [1.54, 1.807) is 0 Å². The summed E-state index contributed by atoms with van der Waals surface area (Å²) in [5.41, 5.74) is 2.62. The monoisotopic (exact) mass is 234 g/mol. The molecule has 0 saturated heterocycles. The Morgan fingerprint density at radius 2 is 1.82 bits per heavy atom. The summed E-state index contributed by atoms with van der Waals surface area (Å²) in [4.78, 5) is 2.34. The van der Waals surface area contributed by atoms with Crippen LogP contribution in [0.1, 0.15) is 32.3 Å². The Hall–Kier alpha value is -1.02. The third-order valence-corrected chi connectivity index (χ3v) is 3.10. The van der Waals surface area contributed by atoms with E-state index in [1.807, 2.05) is 0 Å². The van der Waals surface area contributed by atoms with Crippen molar-refractivity contribution in [2.24, 2.45) is 0 Å². The molecule has 0 heterocycles.